The van der Waals surface area contributed by atoms with Gasteiger partial charge in [-0.15, -0.1) is 0 Å². The molecule has 1 N–H and O–H groups in total. The van der Waals surface area contributed by atoms with Crippen molar-refractivity contribution in [3.05, 3.63) is 46.2 Å². The smallest absolute Gasteiger partial charge is 0.260 e. The first kappa shape index (κ1) is 18.5. The first-order valence-corrected chi connectivity index (χ1v) is 8.57. The molecule has 0 saturated carbocycles. The molecule has 1 unspecified atom stereocenters. The molecule has 1 amide bonds. The second kappa shape index (κ2) is 6.98. The van der Waals surface area contributed by atoms with Gasteiger partial charge in [-0.3, -0.25) is 9.48 Å². The number of aromatic nitrogens is 2. The SMILES string of the molecule is Cc1nn(C)c(Cl)c1C(=O)Nc1ccccc1C(C)CC(C)(C)C. The predicted octanol–water partition coefficient (Wildman–Crippen LogP) is 5.17. The Morgan fingerprint density at radius 1 is 1.33 bits per heavy atom. The summed E-state index contributed by atoms with van der Waals surface area (Å²) in [7, 11) is 1.73. The van der Waals surface area contributed by atoms with Gasteiger partial charge in [0, 0.05) is 12.7 Å². The third kappa shape index (κ3) is 4.18. The molecule has 1 heterocycles. The Morgan fingerprint density at radius 2 is 1.96 bits per heavy atom. The Kier molecular flexibility index (Phi) is 5.38. The van der Waals surface area contributed by atoms with Gasteiger partial charge in [-0.2, -0.15) is 5.10 Å². The fraction of sp³-hybridized carbons (Fsp3) is 0.474. The fourth-order valence-electron chi connectivity index (χ4n) is 3.14. The van der Waals surface area contributed by atoms with E-state index < -0.39 is 0 Å². The van der Waals surface area contributed by atoms with Gasteiger partial charge >= 0.3 is 0 Å². The molecule has 0 aliphatic heterocycles. The van der Waals surface area contributed by atoms with Crippen LogP contribution in [0.4, 0.5) is 5.69 Å². The highest BCUT2D eigenvalue weighted by atomic mass is 35.5. The van der Waals surface area contributed by atoms with E-state index >= 15 is 0 Å². The maximum Gasteiger partial charge on any atom is 0.260 e. The lowest BCUT2D eigenvalue weighted by Gasteiger charge is -2.25. The number of aryl methyl sites for hydroxylation is 2. The highest BCUT2D eigenvalue weighted by molar-refractivity contribution is 6.33. The first-order valence-electron chi connectivity index (χ1n) is 8.19. The molecular weight excluding hydrogens is 322 g/mol. The van der Waals surface area contributed by atoms with Gasteiger partial charge in [0.2, 0.25) is 0 Å². The molecule has 130 valence electrons. The third-order valence-electron chi connectivity index (χ3n) is 4.04. The average molecular weight is 348 g/mol. The Bertz CT molecular complexity index is 744. The molecule has 0 saturated heterocycles. The number of halogens is 1. The van der Waals surface area contributed by atoms with E-state index in [9.17, 15) is 4.79 Å². The van der Waals surface area contributed by atoms with Crippen LogP contribution >= 0.6 is 11.6 Å². The van der Waals surface area contributed by atoms with Crippen molar-refractivity contribution >= 4 is 23.2 Å². The normalized spacial score (nSPS) is 13.0. The van der Waals surface area contributed by atoms with Crippen LogP contribution in [0.25, 0.3) is 0 Å². The van der Waals surface area contributed by atoms with Crippen LogP contribution in [0.5, 0.6) is 0 Å². The number of para-hydroxylation sites is 1. The number of carbonyl (C=O) groups excluding carboxylic acids is 1. The van der Waals surface area contributed by atoms with Crippen molar-refractivity contribution in [1.29, 1.82) is 0 Å². The summed E-state index contributed by atoms with van der Waals surface area (Å²) in [5.41, 5.74) is 3.24. The van der Waals surface area contributed by atoms with Gasteiger partial charge in [-0.1, -0.05) is 57.5 Å². The van der Waals surface area contributed by atoms with Crippen LogP contribution in [-0.2, 0) is 7.05 Å². The maximum atomic E-state index is 12.7. The summed E-state index contributed by atoms with van der Waals surface area (Å²) in [6, 6.07) is 7.95. The molecule has 0 spiro atoms. The predicted molar refractivity (Wildman–Crippen MR) is 99.8 cm³/mol. The molecule has 0 fully saturated rings. The molecule has 0 radical (unpaired) electrons. The van der Waals surface area contributed by atoms with Gasteiger partial charge in [0.1, 0.15) is 5.15 Å². The molecule has 24 heavy (non-hydrogen) atoms. The third-order valence-corrected chi connectivity index (χ3v) is 4.47. The Morgan fingerprint density at radius 3 is 2.50 bits per heavy atom. The fourth-order valence-corrected chi connectivity index (χ4v) is 3.40. The minimum absolute atomic E-state index is 0.221. The Labute approximate surface area is 149 Å². The zero-order valence-electron chi connectivity index (χ0n) is 15.3. The molecule has 1 aromatic carbocycles. The lowest BCUT2D eigenvalue weighted by atomic mass is 9.82. The summed E-state index contributed by atoms with van der Waals surface area (Å²) >= 11 is 6.20. The van der Waals surface area contributed by atoms with Crippen LogP contribution in [0.2, 0.25) is 5.15 Å². The van der Waals surface area contributed by atoms with E-state index in [1.54, 1.807) is 14.0 Å². The number of hydrogen-bond acceptors (Lipinski definition) is 2. The quantitative estimate of drug-likeness (QED) is 0.828. The molecular formula is C19H26ClN3O. The van der Waals surface area contributed by atoms with Crippen molar-refractivity contribution in [3.8, 4) is 0 Å². The second-order valence-corrected chi connectivity index (χ2v) is 7.94. The molecule has 1 atom stereocenters. The Hall–Kier alpha value is -1.81. The lowest BCUT2D eigenvalue weighted by Crippen LogP contribution is -2.16. The van der Waals surface area contributed by atoms with Crippen molar-refractivity contribution in [3.63, 3.8) is 0 Å². The van der Waals surface area contributed by atoms with Crippen LogP contribution in [0.15, 0.2) is 24.3 Å². The molecule has 2 aromatic rings. The monoisotopic (exact) mass is 347 g/mol. The van der Waals surface area contributed by atoms with Gasteiger partial charge in [0.15, 0.2) is 0 Å². The number of nitrogens with one attached hydrogen (secondary N) is 1. The molecule has 4 nitrogen and oxygen atoms in total. The average Bonchev–Trinajstić information content (AvgIpc) is 2.70. The zero-order valence-corrected chi connectivity index (χ0v) is 16.0. The number of anilines is 1. The van der Waals surface area contributed by atoms with Crippen LogP contribution < -0.4 is 5.32 Å². The number of benzene rings is 1. The Balaban J connectivity index is 2.29. The van der Waals surface area contributed by atoms with E-state index in [1.807, 2.05) is 18.2 Å². The van der Waals surface area contributed by atoms with Crippen LogP contribution in [0, 0.1) is 12.3 Å². The van der Waals surface area contributed by atoms with Gasteiger partial charge in [-0.25, -0.2) is 0 Å². The van der Waals surface area contributed by atoms with E-state index in [1.165, 1.54) is 4.68 Å². The number of carbonyl (C=O) groups is 1. The zero-order chi connectivity index (χ0) is 18.1. The van der Waals surface area contributed by atoms with E-state index in [2.05, 4.69) is 44.2 Å². The molecule has 1 aromatic heterocycles. The summed E-state index contributed by atoms with van der Waals surface area (Å²) in [6.45, 7) is 10.7. The summed E-state index contributed by atoms with van der Waals surface area (Å²) in [5.74, 6) is 0.118. The summed E-state index contributed by atoms with van der Waals surface area (Å²) in [4.78, 5) is 12.7. The number of amides is 1. The first-order chi connectivity index (χ1) is 11.1. The van der Waals surface area contributed by atoms with Crippen LogP contribution in [0.1, 0.15) is 61.6 Å². The standard InChI is InChI=1S/C19H26ClN3O/c1-12(11-19(3,4)5)14-9-7-8-10-15(14)21-18(24)16-13(2)22-23(6)17(16)20/h7-10,12H,11H2,1-6H3,(H,21,24). The highest BCUT2D eigenvalue weighted by Gasteiger charge is 2.22. The largest absolute Gasteiger partial charge is 0.322 e. The minimum atomic E-state index is -0.221. The van der Waals surface area contributed by atoms with Gasteiger partial charge in [-0.05, 0) is 36.3 Å². The van der Waals surface area contributed by atoms with Crippen molar-refractivity contribution in [1.82, 2.24) is 9.78 Å². The maximum absolute atomic E-state index is 12.7. The molecule has 0 bridgehead atoms. The van der Waals surface area contributed by atoms with Gasteiger partial charge in [0.05, 0.1) is 11.3 Å². The number of rotatable bonds is 4. The van der Waals surface area contributed by atoms with E-state index in [0.717, 1.165) is 17.7 Å². The van der Waals surface area contributed by atoms with Gasteiger partial charge in [0.25, 0.3) is 5.91 Å². The van der Waals surface area contributed by atoms with E-state index in [-0.39, 0.29) is 11.3 Å². The second-order valence-electron chi connectivity index (χ2n) is 7.58. The number of nitrogens with zero attached hydrogens (tertiary/aromatic N) is 2. The van der Waals surface area contributed by atoms with Crippen molar-refractivity contribution in [2.45, 2.75) is 47.0 Å². The van der Waals surface area contributed by atoms with Gasteiger partial charge < -0.3 is 5.32 Å². The lowest BCUT2D eigenvalue weighted by molar-refractivity contribution is 0.102. The van der Waals surface area contributed by atoms with Crippen LogP contribution in [0.3, 0.4) is 0 Å². The topological polar surface area (TPSA) is 46.9 Å². The highest BCUT2D eigenvalue weighted by Crippen LogP contribution is 2.34. The van der Waals surface area contributed by atoms with E-state index in [0.29, 0.717) is 22.3 Å². The van der Waals surface area contributed by atoms with Crippen LogP contribution in [-0.4, -0.2) is 15.7 Å². The molecule has 0 aliphatic rings. The van der Waals surface area contributed by atoms with Crippen molar-refractivity contribution in [2.24, 2.45) is 12.5 Å². The molecule has 5 heteroatoms. The summed E-state index contributed by atoms with van der Waals surface area (Å²) in [5, 5.41) is 7.57. The van der Waals surface area contributed by atoms with Crippen molar-refractivity contribution in [2.75, 3.05) is 5.32 Å². The van der Waals surface area contributed by atoms with E-state index in [4.69, 9.17) is 11.6 Å². The molecule has 0 aliphatic carbocycles. The molecule has 2 rings (SSSR count). The summed E-state index contributed by atoms with van der Waals surface area (Å²) < 4.78 is 1.51. The summed E-state index contributed by atoms with van der Waals surface area (Å²) in [6.07, 6.45) is 1.03. The minimum Gasteiger partial charge on any atom is -0.322 e. The van der Waals surface area contributed by atoms with Crippen molar-refractivity contribution < 1.29 is 4.79 Å². The number of hydrogen-bond donors (Lipinski definition) is 1.